The Hall–Kier alpha value is -0.646. The van der Waals surface area contributed by atoms with Crippen LogP contribution in [0.3, 0.4) is 0 Å². The van der Waals surface area contributed by atoms with Crippen molar-refractivity contribution in [3.8, 4) is 0 Å². The highest BCUT2D eigenvalue weighted by molar-refractivity contribution is 7.12. The van der Waals surface area contributed by atoms with Gasteiger partial charge in [-0.3, -0.25) is 9.59 Å². The predicted octanol–water partition coefficient (Wildman–Crippen LogP) is 5.85. The van der Waals surface area contributed by atoms with Gasteiger partial charge in [-0.15, -0.1) is 11.3 Å². The van der Waals surface area contributed by atoms with Crippen molar-refractivity contribution in [2.45, 2.75) is 90.1 Å². The van der Waals surface area contributed by atoms with E-state index in [1.807, 2.05) is 11.4 Å². The highest BCUT2D eigenvalue weighted by Gasteiger charge is 2.58. The third kappa shape index (κ3) is 4.99. The van der Waals surface area contributed by atoms with Crippen molar-refractivity contribution < 1.29 is 22.6 Å². The molecule has 0 saturated carbocycles. The molecule has 1 aliphatic rings. The maximum atomic E-state index is 13.1. The lowest BCUT2D eigenvalue weighted by atomic mass is 10.1. The molecule has 2 rings (SSSR count). The number of hydrogen-bond acceptors (Lipinski definition) is 6. The molecule has 1 fully saturated rings. The molecular weight excluding hydrogens is 420 g/mol. The zero-order valence-electron chi connectivity index (χ0n) is 19.0. The van der Waals surface area contributed by atoms with Gasteiger partial charge in [-0.1, -0.05) is 61.5 Å². The number of hydrogen-bond donors (Lipinski definition) is 0. The molecule has 1 aliphatic heterocycles. The second-order valence-corrected chi connectivity index (χ2v) is 18.9. The van der Waals surface area contributed by atoms with Crippen molar-refractivity contribution in [3.63, 3.8) is 0 Å². The van der Waals surface area contributed by atoms with Gasteiger partial charge in [0.2, 0.25) is 0 Å². The molecule has 0 aromatic carbocycles. The third-order valence-electron chi connectivity index (χ3n) is 5.83. The number of thiophene rings is 1. The summed E-state index contributed by atoms with van der Waals surface area (Å²) in [5.41, 5.74) is 0.626. The molecule has 1 aromatic rings. The average Bonchev–Trinajstić information content (AvgIpc) is 3.15. The van der Waals surface area contributed by atoms with Crippen LogP contribution in [0.2, 0.25) is 22.2 Å². The minimum absolute atomic E-state index is 0.0399. The van der Waals surface area contributed by atoms with Crippen LogP contribution < -0.4 is 0 Å². The van der Waals surface area contributed by atoms with E-state index in [4.69, 9.17) is 13.0 Å². The van der Waals surface area contributed by atoms with Gasteiger partial charge < -0.3 is 13.0 Å². The van der Waals surface area contributed by atoms with E-state index in [0.29, 0.717) is 4.88 Å². The Bertz CT molecular complexity index is 684. The van der Waals surface area contributed by atoms with Gasteiger partial charge in [-0.05, 0) is 33.6 Å². The molecule has 0 spiro atoms. The fourth-order valence-electron chi connectivity index (χ4n) is 4.14. The van der Waals surface area contributed by atoms with Crippen LogP contribution in [0, 0.1) is 0 Å². The average molecular weight is 457 g/mol. The van der Waals surface area contributed by atoms with Gasteiger partial charge in [-0.2, -0.15) is 0 Å². The molecule has 2 heterocycles. The second kappa shape index (κ2) is 9.66. The molecule has 1 aromatic heterocycles. The summed E-state index contributed by atoms with van der Waals surface area (Å²) in [6, 6.07) is 3.63. The van der Waals surface area contributed by atoms with Crippen LogP contribution in [-0.2, 0) is 17.8 Å². The molecular formula is C21H36O5SSi2. The maximum absolute atomic E-state index is 13.1. The molecule has 0 bridgehead atoms. The van der Waals surface area contributed by atoms with Gasteiger partial charge in [0.05, 0.1) is 11.5 Å². The summed E-state index contributed by atoms with van der Waals surface area (Å²) in [6.45, 7) is 16.9. The van der Waals surface area contributed by atoms with E-state index in [1.165, 1.54) is 11.3 Å². The molecule has 0 amide bonds. The highest BCUT2D eigenvalue weighted by atomic mass is 32.1. The molecule has 0 radical (unpaired) electrons. The topological polar surface area (TPSA) is 61.8 Å². The van der Waals surface area contributed by atoms with E-state index in [2.05, 4.69) is 55.4 Å². The van der Waals surface area contributed by atoms with Gasteiger partial charge >= 0.3 is 17.1 Å². The number of rotatable bonds is 7. The lowest BCUT2D eigenvalue weighted by Gasteiger charge is -2.50. The lowest BCUT2D eigenvalue weighted by Crippen LogP contribution is -2.65. The molecule has 164 valence electrons. The van der Waals surface area contributed by atoms with E-state index in [0.717, 1.165) is 0 Å². The van der Waals surface area contributed by atoms with Crippen molar-refractivity contribution in [1.29, 1.82) is 0 Å². The summed E-state index contributed by atoms with van der Waals surface area (Å²) in [5, 5.41) is 1.87. The Labute approximate surface area is 181 Å². The molecule has 5 nitrogen and oxygen atoms in total. The summed E-state index contributed by atoms with van der Waals surface area (Å²) in [6.07, 6.45) is -0.773. The van der Waals surface area contributed by atoms with Crippen molar-refractivity contribution in [2.24, 2.45) is 0 Å². The third-order valence-corrected chi connectivity index (χ3v) is 17.0. The molecule has 0 unspecified atom stereocenters. The normalized spacial score (nSPS) is 22.3. The Morgan fingerprint density at radius 2 is 1.59 bits per heavy atom. The van der Waals surface area contributed by atoms with Crippen LogP contribution in [0.5, 0.6) is 0 Å². The van der Waals surface area contributed by atoms with Gasteiger partial charge in [0, 0.05) is 6.42 Å². The molecule has 1 atom stereocenters. The van der Waals surface area contributed by atoms with Gasteiger partial charge in [0.25, 0.3) is 0 Å². The number of carbonyl (C=O) groups excluding carboxylic acids is 2. The highest BCUT2D eigenvalue weighted by Crippen LogP contribution is 2.45. The van der Waals surface area contributed by atoms with Crippen LogP contribution in [0.25, 0.3) is 0 Å². The minimum Gasteiger partial charge on any atom is -0.414 e. The molecule has 1 saturated heterocycles. The fraction of sp³-hybridized carbons (Fsp3) is 0.714. The van der Waals surface area contributed by atoms with Crippen LogP contribution in [-0.4, -0.2) is 41.4 Å². The first-order valence-corrected chi connectivity index (χ1v) is 15.4. The lowest BCUT2D eigenvalue weighted by molar-refractivity contribution is -0.131. The SMILES string of the molecule is CC(C)[Si]1(C(C)C)OCC(=O)[C@H](CC(=O)c2cccs2)O[Si](C(C)C)(C(C)C)O1. The minimum atomic E-state index is -2.87. The summed E-state index contributed by atoms with van der Waals surface area (Å²) < 4.78 is 20.1. The molecule has 29 heavy (non-hydrogen) atoms. The van der Waals surface area contributed by atoms with Crippen molar-refractivity contribution in [2.75, 3.05) is 6.61 Å². The number of carbonyl (C=O) groups is 2. The van der Waals surface area contributed by atoms with Gasteiger partial charge in [-0.25, -0.2) is 0 Å². The van der Waals surface area contributed by atoms with E-state index in [9.17, 15) is 9.59 Å². The summed E-state index contributed by atoms with van der Waals surface area (Å²) >= 11 is 1.39. The monoisotopic (exact) mass is 456 g/mol. The Balaban J connectivity index is 2.46. The van der Waals surface area contributed by atoms with Crippen molar-refractivity contribution in [1.82, 2.24) is 0 Å². The van der Waals surface area contributed by atoms with E-state index >= 15 is 0 Å². The van der Waals surface area contributed by atoms with E-state index < -0.39 is 23.2 Å². The van der Waals surface area contributed by atoms with Gasteiger partial charge in [0.15, 0.2) is 11.6 Å². The van der Waals surface area contributed by atoms with Gasteiger partial charge in [0.1, 0.15) is 6.10 Å². The van der Waals surface area contributed by atoms with Crippen LogP contribution >= 0.6 is 11.3 Å². The Morgan fingerprint density at radius 1 is 1.03 bits per heavy atom. The molecule has 0 aliphatic carbocycles. The first kappa shape index (κ1) is 24.6. The standard InChI is InChI=1S/C21H36O5SSi2/c1-14(2)28(15(3)4)24-13-19(23)20(12-18(22)21-10-9-11-27-21)25-29(26-28,16(5)6)17(7)8/h9-11,14-17,20H,12-13H2,1-8H3/t20-/m0/s1. The predicted molar refractivity (Wildman–Crippen MR) is 122 cm³/mol. The van der Waals surface area contributed by atoms with Crippen LogP contribution in [0.1, 0.15) is 71.5 Å². The Morgan fingerprint density at radius 3 is 2.03 bits per heavy atom. The number of Topliss-reactive ketones (excluding diaryl/α,β-unsaturated/α-hetero) is 2. The Kier molecular flexibility index (Phi) is 8.20. The maximum Gasteiger partial charge on any atom is 0.335 e. The second-order valence-electron chi connectivity index (χ2n) is 9.13. The zero-order chi connectivity index (χ0) is 22.0. The molecule has 0 N–H and O–H groups in total. The van der Waals surface area contributed by atoms with E-state index in [-0.39, 0.29) is 46.8 Å². The zero-order valence-corrected chi connectivity index (χ0v) is 21.8. The van der Waals surface area contributed by atoms with Crippen molar-refractivity contribution >= 4 is 40.0 Å². The van der Waals surface area contributed by atoms with Crippen molar-refractivity contribution in [3.05, 3.63) is 22.4 Å². The molecule has 8 heteroatoms. The first-order chi connectivity index (χ1) is 13.5. The van der Waals surface area contributed by atoms with Crippen LogP contribution in [0.15, 0.2) is 17.5 Å². The summed E-state index contributed by atoms with van der Waals surface area (Å²) in [7, 11) is -5.58. The summed E-state index contributed by atoms with van der Waals surface area (Å²) in [4.78, 5) is 26.5. The van der Waals surface area contributed by atoms with Crippen LogP contribution in [0.4, 0.5) is 0 Å². The largest absolute Gasteiger partial charge is 0.414 e. The quantitative estimate of drug-likeness (QED) is 0.380. The smallest absolute Gasteiger partial charge is 0.335 e. The number of ketones is 2. The summed E-state index contributed by atoms with van der Waals surface area (Å²) in [5.74, 6) is -0.208. The van der Waals surface area contributed by atoms with E-state index in [1.54, 1.807) is 6.07 Å². The fourth-order valence-corrected chi connectivity index (χ4v) is 15.9. The first-order valence-electron chi connectivity index (χ1n) is 10.6.